The SMILES string of the molecule is CC(C)c1cccc2c1NC(c1cc(Cl)ccc1Cl)C2. The molecule has 0 aromatic heterocycles. The molecule has 0 spiro atoms. The Balaban J connectivity index is 1.98. The maximum atomic E-state index is 6.32. The highest BCUT2D eigenvalue weighted by atomic mass is 35.5. The van der Waals surface area contributed by atoms with Crippen LogP contribution in [0, 0.1) is 0 Å². The lowest BCUT2D eigenvalue weighted by molar-refractivity contribution is 0.822. The third-order valence-electron chi connectivity index (χ3n) is 3.88. The smallest absolute Gasteiger partial charge is 0.0570 e. The molecule has 1 heterocycles. The number of fused-ring (bicyclic) bond motifs is 1. The fourth-order valence-electron chi connectivity index (χ4n) is 2.86. The zero-order chi connectivity index (χ0) is 14.3. The Morgan fingerprint density at radius 3 is 2.70 bits per heavy atom. The zero-order valence-corrected chi connectivity index (χ0v) is 13.1. The monoisotopic (exact) mass is 305 g/mol. The van der Waals surface area contributed by atoms with Crippen LogP contribution in [0.2, 0.25) is 10.0 Å². The van der Waals surface area contributed by atoms with Gasteiger partial charge in [-0.05, 0) is 47.2 Å². The van der Waals surface area contributed by atoms with E-state index in [1.165, 1.54) is 16.8 Å². The quantitative estimate of drug-likeness (QED) is 0.736. The Morgan fingerprint density at radius 2 is 1.95 bits per heavy atom. The topological polar surface area (TPSA) is 12.0 Å². The van der Waals surface area contributed by atoms with E-state index in [9.17, 15) is 0 Å². The summed E-state index contributed by atoms with van der Waals surface area (Å²) in [5.41, 5.74) is 5.06. The van der Waals surface area contributed by atoms with Gasteiger partial charge in [-0.1, -0.05) is 55.2 Å². The highest BCUT2D eigenvalue weighted by Gasteiger charge is 2.26. The molecule has 3 heteroatoms. The van der Waals surface area contributed by atoms with Crippen molar-refractivity contribution in [3.8, 4) is 0 Å². The van der Waals surface area contributed by atoms with E-state index in [2.05, 4.69) is 37.4 Å². The second-order valence-corrected chi connectivity index (χ2v) is 6.45. The normalized spacial score (nSPS) is 17.1. The van der Waals surface area contributed by atoms with Crippen LogP contribution in [0.5, 0.6) is 0 Å². The Labute approximate surface area is 129 Å². The average Bonchev–Trinajstić information content (AvgIpc) is 2.84. The summed E-state index contributed by atoms with van der Waals surface area (Å²) in [6, 6.07) is 12.4. The molecule has 1 N–H and O–H groups in total. The first kappa shape index (κ1) is 13.8. The summed E-state index contributed by atoms with van der Waals surface area (Å²) >= 11 is 12.4. The van der Waals surface area contributed by atoms with E-state index >= 15 is 0 Å². The number of rotatable bonds is 2. The van der Waals surface area contributed by atoms with E-state index in [0.29, 0.717) is 5.92 Å². The van der Waals surface area contributed by atoms with Crippen LogP contribution < -0.4 is 5.32 Å². The summed E-state index contributed by atoms with van der Waals surface area (Å²) in [6.07, 6.45) is 0.954. The van der Waals surface area contributed by atoms with Gasteiger partial charge in [-0.3, -0.25) is 0 Å². The maximum absolute atomic E-state index is 6.32. The van der Waals surface area contributed by atoms with Gasteiger partial charge in [-0.15, -0.1) is 0 Å². The van der Waals surface area contributed by atoms with Gasteiger partial charge in [-0.2, -0.15) is 0 Å². The van der Waals surface area contributed by atoms with Crippen LogP contribution in [0.15, 0.2) is 36.4 Å². The standard InChI is InChI=1S/C17H17Cl2N/c1-10(2)13-5-3-4-11-8-16(20-17(11)13)14-9-12(18)6-7-15(14)19/h3-7,9-10,16,20H,8H2,1-2H3. The van der Waals surface area contributed by atoms with Crippen molar-refractivity contribution in [2.24, 2.45) is 0 Å². The van der Waals surface area contributed by atoms with Gasteiger partial charge < -0.3 is 5.32 Å². The van der Waals surface area contributed by atoms with Crippen LogP contribution in [-0.2, 0) is 6.42 Å². The number of benzene rings is 2. The Bertz CT molecular complexity index is 649. The maximum Gasteiger partial charge on any atom is 0.0570 e. The van der Waals surface area contributed by atoms with Crippen molar-refractivity contribution in [2.45, 2.75) is 32.2 Å². The summed E-state index contributed by atoms with van der Waals surface area (Å²) in [5, 5.41) is 5.12. The second-order valence-electron chi connectivity index (χ2n) is 5.60. The molecular weight excluding hydrogens is 289 g/mol. The molecule has 2 aromatic carbocycles. The molecule has 0 bridgehead atoms. The van der Waals surface area contributed by atoms with Crippen LogP contribution in [0.4, 0.5) is 5.69 Å². The van der Waals surface area contributed by atoms with Gasteiger partial charge in [0.2, 0.25) is 0 Å². The summed E-state index contributed by atoms with van der Waals surface area (Å²) in [7, 11) is 0. The highest BCUT2D eigenvalue weighted by molar-refractivity contribution is 6.33. The van der Waals surface area contributed by atoms with Gasteiger partial charge in [0.25, 0.3) is 0 Å². The molecule has 0 saturated heterocycles. The highest BCUT2D eigenvalue weighted by Crippen LogP contribution is 2.41. The molecule has 0 aliphatic carbocycles. The lowest BCUT2D eigenvalue weighted by Gasteiger charge is -2.16. The lowest BCUT2D eigenvalue weighted by atomic mass is 9.97. The number of halogens is 2. The van der Waals surface area contributed by atoms with Crippen LogP contribution in [0.25, 0.3) is 0 Å². The fourth-order valence-corrected chi connectivity index (χ4v) is 3.29. The van der Waals surface area contributed by atoms with E-state index in [1.54, 1.807) is 0 Å². The first-order valence-electron chi connectivity index (χ1n) is 6.89. The Hall–Kier alpha value is -1.18. The zero-order valence-electron chi connectivity index (χ0n) is 11.6. The van der Waals surface area contributed by atoms with Gasteiger partial charge in [0.05, 0.1) is 6.04 Å². The number of anilines is 1. The van der Waals surface area contributed by atoms with Crippen molar-refractivity contribution >= 4 is 28.9 Å². The second kappa shape index (κ2) is 5.31. The molecule has 1 unspecified atom stereocenters. The molecule has 1 aliphatic heterocycles. The first-order chi connectivity index (χ1) is 9.56. The van der Waals surface area contributed by atoms with Crippen LogP contribution in [-0.4, -0.2) is 0 Å². The molecule has 0 fully saturated rings. The molecule has 20 heavy (non-hydrogen) atoms. The van der Waals surface area contributed by atoms with Gasteiger partial charge in [-0.25, -0.2) is 0 Å². The summed E-state index contributed by atoms with van der Waals surface area (Å²) in [6.45, 7) is 4.44. The summed E-state index contributed by atoms with van der Waals surface area (Å²) in [5.74, 6) is 0.506. The van der Waals surface area contributed by atoms with Gasteiger partial charge in [0.1, 0.15) is 0 Å². The lowest BCUT2D eigenvalue weighted by Crippen LogP contribution is -2.07. The number of nitrogens with one attached hydrogen (secondary N) is 1. The molecule has 104 valence electrons. The van der Waals surface area contributed by atoms with Gasteiger partial charge in [0.15, 0.2) is 0 Å². The van der Waals surface area contributed by atoms with Crippen molar-refractivity contribution in [1.29, 1.82) is 0 Å². The number of para-hydroxylation sites is 1. The largest absolute Gasteiger partial charge is 0.377 e. The molecule has 0 saturated carbocycles. The van der Waals surface area contributed by atoms with E-state index < -0.39 is 0 Å². The molecule has 0 radical (unpaired) electrons. The van der Waals surface area contributed by atoms with E-state index in [0.717, 1.165) is 22.0 Å². The van der Waals surface area contributed by atoms with Gasteiger partial charge >= 0.3 is 0 Å². The van der Waals surface area contributed by atoms with Gasteiger partial charge in [0, 0.05) is 15.7 Å². The van der Waals surface area contributed by atoms with Crippen molar-refractivity contribution in [3.63, 3.8) is 0 Å². The fraction of sp³-hybridized carbons (Fsp3) is 0.294. The molecule has 2 aromatic rings. The minimum atomic E-state index is 0.205. The first-order valence-corrected chi connectivity index (χ1v) is 7.65. The van der Waals surface area contributed by atoms with E-state index in [1.807, 2.05) is 18.2 Å². The molecule has 1 nitrogen and oxygen atoms in total. The third-order valence-corrected chi connectivity index (χ3v) is 4.46. The molecule has 0 amide bonds. The van der Waals surface area contributed by atoms with E-state index in [4.69, 9.17) is 23.2 Å². The number of hydrogen-bond acceptors (Lipinski definition) is 1. The minimum Gasteiger partial charge on any atom is -0.377 e. The summed E-state index contributed by atoms with van der Waals surface area (Å²) in [4.78, 5) is 0. The molecule has 1 atom stereocenters. The molecule has 3 rings (SSSR count). The van der Waals surface area contributed by atoms with Crippen LogP contribution >= 0.6 is 23.2 Å². The van der Waals surface area contributed by atoms with Crippen molar-refractivity contribution in [3.05, 3.63) is 63.1 Å². The molecular formula is C17H17Cl2N. The van der Waals surface area contributed by atoms with Crippen molar-refractivity contribution in [1.82, 2.24) is 0 Å². The predicted octanol–water partition coefficient (Wildman–Crippen LogP) is 5.83. The Morgan fingerprint density at radius 1 is 1.15 bits per heavy atom. The minimum absolute atomic E-state index is 0.205. The van der Waals surface area contributed by atoms with Crippen molar-refractivity contribution in [2.75, 3.05) is 5.32 Å². The van der Waals surface area contributed by atoms with Crippen molar-refractivity contribution < 1.29 is 0 Å². The van der Waals surface area contributed by atoms with Crippen LogP contribution in [0.3, 0.4) is 0 Å². The average molecular weight is 306 g/mol. The Kier molecular flexibility index (Phi) is 3.66. The predicted molar refractivity (Wildman–Crippen MR) is 87.1 cm³/mol. The third kappa shape index (κ3) is 2.41. The van der Waals surface area contributed by atoms with E-state index in [-0.39, 0.29) is 6.04 Å². The molecule has 1 aliphatic rings. The number of hydrogen-bond donors (Lipinski definition) is 1. The summed E-state index contributed by atoms with van der Waals surface area (Å²) < 4.78 is 0. The van der Waals surface area contributed by atoms with Crippen LogP contribution in [0.1, 0.15) is 42.5 Å².